The molecule has 0 fully saturated rings. The smallest absolute Gasteiger partial charge is 0.196 e. The molecule has 0 aliphatic heterocycles. The number of benzene rings is 2. The molecular weight excluding hydrogens is 409 g/mol. The first kappa shape index (κ1) is 21.5. The molecule has 8 heteroatoms. The summed E-state index contributed by atoms with van der Waals surface area (Å²) in [5.41, 5.74) is 1.46. The van der Waals surface area contributed by atoms with Gasteiger partial charge in [0.05, 0.1) is 23.8 Å². The molecule has 0 saturated heterocycles. The monoisotopic (exact) mass is 431 g/mol. The standard InChI is InChI=1S/C21H23Cl2N5O/c1-26(2)12-19-24-20(13-27(3)4)28(25-19)18-10-9-14(22)11-16(18)21(29)15-7-5-6-8-17(15)23/h5-11H,12-13H2,1-4H3. The Balaban J connectivity index is 2.15. The molecule has 0 radical (unpaired) electrons. The normalized spacial score (nSPS) is 11.4. The Morgan fingerprint density at radius 3 is 2.31 bits per heavy atom. The van der Waals surface area contributed by atoms with E-state index in [-0.39, 0.29) is 5.78 Å². The van der Waals surface area contributed by atoms with Gasteiger partial charge in [0.25, 0.3) is 0 Å². The van der Waals surface area contributed by atoms with Gasteiger partial charge in [-0.05, 0) is 58.5 Å². The van der Waals surface area contributed by atoms with Gasteiger partial charge in [0.2, 0.25) is 0 Å². The Morgan fingerprint density at radius 1 is 0.966 bits per heavy atom. The molecule has 1 heterocycles. The van der Waals surface area contributed by atoms with Crippen LogP contribution < -0.4 is 0 Å². The highest BCUT2D eigenvalue weighted by Gasteiger charge is 2.21. The molecule has 2 aromatic carbocycles. The van der Waals surface area contributed by atoms with E-state index in [4.69, 9.17) is 23.2 Å². The summed E-state index contributed by atoms with van der Waals surface area (Å²) < 4.78 is 1.72. The zero-order valence-electron chi connectivity index (χ0n) is 16.9. The van der Waals surface area contributed by atoms with Crippen molar-refractivity contribution in [3.05, 3.63) is 75.3 Å². The third-order valence-electron chi connectivity index (χ3n) is 4.18. The van der Waals surface area contributed by atoms with E-state index in [1.807, 2.05) is 38.0 Å². The SMILES string of the molecule is CN(C)Cc1nc(CN(C)C)n(-c2ccc(Cl)cc2C(=O)c2ccccc2Cl)n1. The van der Waals surface area contributed by atoms with E-state index in [2.05, 4.69) is 10.1 Å². The fourth-order valence-electron chi connectivity index (χ4n) is 2.99. The summed E-state index contributed by atoms with van der Waals surface area (Å²) in [5, 5.41) is 5.53. The predicted molar refractivity (Wildman–Crippen MR) is 116 cm³/mol. The van der Waals surface area contributed by atoms with Crippen LogP contribution in [0.3, 0.4) is 0 Å². The fourth-order valence-corrected chi connectivity index (χ4v) is 3.38. The molecule has 0 bridgehead atoms. The van der Waals surface area contributed by atoms with Crippen LogP contribution >= 0.6 is 23.2 Å². The van der Waals surface area contributed by atoms with E-state index in [0.717, 1.165) is 5.82 Å². The van der Waals surface area contributed by atoms with Crippen LogP contribution in [-0.2, 0) is 13.1 Å². The molecule has 152 valence electrons. The second-order valence-electron chi connectivity index (χ2n) is 7.30. The average molecular weight is 432 g/mol. The number of aromatic nitrogens is 3. The van der Waals surface area contributed by atoms with Crippen molar-refractivity contribution in [1.82, 2.24) is 24.6 Å². The Hall–Kier alpha value is -2.25. The summed E-state index contributed by atoms with van der Waals surface area (Å²) in [4.78, 5) is 22.0. The van der Waals surface area contributed by atoms with Gasteiger partial charge >= 0.3 is 0 Å². The van der Waals surface area contributed by atoms with Gasteiger partial charge in [-0.1, -0.05) is 35.3 Å². The van der Waals surface area contributed by atoms with Crippen molar-refractivity contribution in [3.8, 4) is 5.69 Å². The molecule has 0 saturated carbocycles. The van der Waals surface area contributed by atoms with Crippen LogP contribution in [-0.4, -0.2) is 58.5 Å². The van der Waals surface area contributed by atoms with E-state index in [0.29, 0.717) is 45.8 Å². The van der Waals surface area contributed by atoms with Gasteiger partial charge in [0.1, 0.15) is 5.82 Å². The molecule has 3 rings (SSSR count). The molecule has 29 heavy (non-hydrogen) atoms. The molecule has 0 amide bonds. The fraction of sp³-hybridized carbons (Fsp3) is 0.286. The number of halogens is 2. The van der Waals surface area contributed by atoms with Crippen LogP contribution in [0.2, 0.25) is 10.0 Å². The predicted octanol–water partition coefficient (Wildman–Crippen LogP) is 3.93. The van der Waals surface area contributed by atoms with E-state index in [1.54, 1.807) is 47.1 Å². The van der Waals surface area contributed by atoms with Crippen molar-refractivity contribution in [1.29, 1.82) is 0 Å². The third kappa shape index (κ3) is 5.03. The van der Waals surface area contributed by atoms with Gasteiger partial charge < -0.3 is 9.80 Å². The first-order valence-corrected chi connectivity index (χ1v) is 9.85. The Kier molecular flexibility index (Phi) is 6.70. The molecule has 1 aromatic heterocycles. The maximum atomic E-state index is 13.3. The highest BCUT2D eigenvalue weighted by Crippen LogP contribution is 2.26. The largest absolute Gasteiger partial charge is 0.302 e. The lowest BCUT2D eigenvalue weighted by atomic mass is 10.0. The number of nitrogens with zero attached hydrogens (tertiary/aromatic N) is 5. The summed E-state index contributed by atoms with van der Waals surface area (Å²) in [6, 6.07) is 12.2. The minimum Gasteiger partial charge on any atom is -0.302 e. The summed E-state index contributed by atoms with van der Waals surface area (Å²) >= 11 is 12.5. The van der Waals surface area contributed by atoms with Crippen molar-refractivity contribution in [2.45, 2.75) is 13.1 Å². The number of hydrogen-bond donors (Lipinski definition) is 0. The van der Waals surface area contributed by atoms with Crippen molar-refractivity contribution in [3.63, 3.8) is 0 Å². The molecule has 0 spiro atoms. The van der Waals surface area contributed by atoms with Crippen LogP contribution in [0.4, 0.5) is 0 Å². The van der Waals surface area contributed by atoms with Crippen molar-refractivity contribution in [2.75, 3.05) is 28.2 Å². The zero-order chi connectivity index (χ0) is 21.1. The molecule has 0 N–H and O–H groups in total. The van der Waals surface area contributed by atoms with Crippen LogP contribution in [0.1, 0.15) is 27.6 Å². The van der Waals surface area contributed by atoms with Crippen molar-refractivity contribution in [2.24, 2.45) is 0 Å². The molecular formula is C21H23Cl2N5O. The minimum atomic E-state index is -0.214. The molecule has 6 nitrogen and oxygen atoms in total. The molecule has 3 aromatic rings. The van der Waals surface area contributed by atoms with E-state index in [1.165, 1.54) is 0 Å². The van der Waals surface area contributed by atoms with Crippen LogP contribution in [0.5, 0.6) is 0 Å². The van der Waals surface area contributed by atoms with E-state index >= 15 is 0 Å². The van der Waals surface area contributed by atoms with Crippen LogP contribution in [0, 0.1) is 0 Å². The van der Waals surface area contributed by atoms with E-state index < -0.39 is 0 Å². The number of hydrogen-bond acceptors (Lipinski definition) is 5. The lowest BCUT2D eigenvalue weighted by Gasteiger charge is -2.14. The highest BCUT2D eigenvalue weighted by atomic mass is 35.5. The maximum absolute atomic E-state index is 13.3. The number of carbonyl (C=O) groups excluding carboxylic acids is 1. The van der Waals surface area contributed by atoms with Gasteiger partial charge in [-0.3, -0.25) is 4.79 Å². The lowest BCUT2D eigenvalue weighted by Crippen LogP contribution is -2.17. The van der Waals surface area contributed by atoms with Gasteiger partial charge in [-0.25, -0.2) is 9.67 Å². The Morgan fingerprint density at radius 2 is 1.66 bits per heavy atom. The van der Waals surface area contributed by atoms with Gasteiger partial charge in [0, 0.05) is 16.1 Å². The van der Waals surface area contributed by atoms with E-state index in [9.17, 15) is 4.79 Å². The summed E-state index contributed by atoms with van der Waals surface area (Å²) in [6.45, 7) is 1.16. The Labute approximate surface area is 180 Å². The average Bonchev–Trinajstić information content (AvgIpc) is 3.02. The number of rotatable bonds is 7. The molecule has 0 unspecified atom stereocenters. The molecule has 0 aliphatic carbocycles. The second-order valence-corrected chi connectivity index (χ2v) is 8.15. The summed E-state index contributed by atoms with van der Waals surface area (Å²) in [5.74, 6) is 1.20. The van der Waals surface area contributed by atoms with Crippen molar-refractivity contribution < 1.29 is 4.79 Å². The number of carbonyl (C=O) groups is 1. The van der Waals surface area contributed by atoms with Crippen LogP contribution in [0.25, 0.3) is 5.69 Å². The summed E-state index contributed by atoms with van der Waals surface area (Å²) in [7, 11) is 7.84. The topological polar surface area (TPSA) is 54.3 Å². The Bertz CT molecular complexity index is 1030. The van der Waals surface area contributed by atoms with Gasteiger partial charge in [-0.15, -0.1) is 5.10 Å². The lowest BCUT2D eigenvalue weighted by molar-refractivity contribution is 0.103. The number of ketones is 1. The first-order valence-electron chi connectivity index (χ1n) is 9.09. The minimum absolute atomic E-state index is 0.214. The second kappa shape index (κ2) is 9.05. The maximum Gasteiger partial charge on any atom is 0.196 e. The van der Waals surface area contributed by atoms with Gasteiger partial charge in [0.15, 0.2) is 11.6 Å². The molecule has 0 aliphatic rings. The third-order valence-corrected chi connectivity index (χ3v) is 4.75. The molecule has 0 atom stereocenters. The quantitative estimate of drug-likeness (QED) is 0.530. The van der Waals surface area contributed by atoms with Crippen LogP contribution in [0.15, 0.2) is 42.5 Å². The zero-order valence-corrected chi connectivity index (χ0v) is 18.4. The highest BCUT2D eigenvalue weighted by molar-refractivity contribution is 6.35. The first-order chi connectivity index (χ1) is 13.8. The van der Waals surface area contributed by atoms with Gasteiger partial charge in [-0.2, -0.15) is 0 Å². The summed E-state index contributed by atoms with van der Waals surface area (Å²) in [6.07, 6.45) is 0. The van der Waals surface area contributed by atoms with Crippen molar-refractivity contribution >= 4 is 29.0 Å².